The number of carbonyl (C=O) groups excluding carboxylic acids is 1. The van der Waals surface area contributed by atoms with Crippen LogP contribution in [0.15, 0.2) is 47.3 Å². The maximum Gasteiger partial charge on any atom is 1.00 e. The van der Waals surface area contributed by atoms with Gasteiger partial charge in [0.1, 0.15) is 11.5 Å². The Labute approximate surface area is 231 Å². The third-order valence-corrected chi connectivity index (χ3v) is 5.87. The van der Waals surface area contributed by atoms with Crippen LogP contribution in [0.25, 0.3) is 28.2 Å². The number of pyridine rings is 2. The van der Waals surface area contributed by atoms with Crippen molar-refractivity contribution in [3.63, 3.8) is 0 Å². The van der Waals surface area contributed by atoms with E-state index in [1.54, 1.807) is 28.8 Å². The summed E-state index contributed by atoms with van der Waals surface area (Å²) in [6.45, 7) is 6.24. The van der Waals surface area contributed by atoms with Crippen LogP contribution < -0.4 is 40.2 Å². The predicted octanol–water partition coefficient (Wildman–Crippen LogP) is 0.00510. The maximum atomic E-state index is 13.7. The van der Waals surface area contributed by atoms with Crippen LogP contribution in [-0.2, 0) is 11.3 Å². The van der Waals surface area contributed by atoms with Crippen LogP contribution in [0.2, 0.25) is 0 Å². The van der Waals surface area contributed by atoms with Crippen LogP contribution in [0.4, 0.5) is 4.39 Å². The Morgan fingerprint density at radius 1 is 1.17 bits per heavy atom. The summed E-state index contributed by atoms with van der Waals surface area (Å²) < 4.78 is 15.3. The Kier molecular flexibility index (Phi) is 11.0. The SMILES string of the molecule is CCn1c(=O)ccc2c(-c3ccc(F)cc3)c(/C=C/C(O)CC(O)CCC(=O)[O-])c(C(C)C)nc21.[Na+]. The molecule has 2 N–H and O–H groups in total. The average molecular weight is 505 g/mol. The normalized spacial score (nSPS) is 13.2. The van der Waals surface area contributed by atoms with Crippen molar-refractivity contribution in [1.82, 2.24) is 9.55 Å². The Hall–Kier alpha value is -2.36. The first-order chi connectivity index (χ1) is 16.6. The molecule has 1 aromatic carbocycles. The van der Waals surface area contributed by atoms with E-state index in [2.05, 4.69) is 0 Å². The molecule has 0 amide bonds. The molecule has 3 aromatic rings. The molecule has 0 saturated heterocycles. The number of carboxylic acids is 1. The van der Waals surface area contributed by atoms with Gasteiger partial charge in [-0.1, -0.05) is 38.1 Å². The largest absolute Gasteiger partial charge is 1.00 e. The number of aryl methyl sites for hydroxylation is 1. The fraction of sp³-hybridized carbons (Fsp3) is 0.370. The van der Waals surface area contributed by atoms with E-state index in [1.165, 1.54) is 24.3 Å². The molecule has 186 valence electrons. The van der Waals surface area contributed by atoms with Crippen molar-refractivity contribution in [3.05, 3.63) is 69.9 Å². The van der Waals surface area contributed by atoms with Gasteiger partial charge in [-0.25, -0.2) is 9.37 Å². The number of rotatable bonds is 10. The van der Waals surface area contributed by atoms with Crippen molar-refractivity contribution in [2.24, 2.45) is 0 Å². The van der Waals surface area contributed by atoms with E-state index in [-0.39, 0.29) is 66.1 Å². The Bertz CT molecular complexity index is 1290. The molecule has 0 bridgehead atoms. The van der Waals surface area contributed by atoms with Gasteiger partial charge in [-0.2, -0.15) is 0 Å². The zero-order valence-corrected chi connectivity index (χ0v) is 23.1. The molecule has 36 heavy (non-hydrogen) atoms. The molecule has 0 spiro atoms. The summed E-state index contributed by atoms with van der Waals surface area (Å²) in [6, 6.07) is 9.23. The van der Waals surface area contributed by atoms with Crippen molar-refractivity contribution in [1.29, 1.82) is 0 Å². The number of benzene rings is 1. The number of aromatic nitrogens is 2. The first-order valence-corrected chi connectivity index (χ1v) is 11.7. The molecule has 2 aromatic heterocycles. The second kappa shape index (κ2) is 13.3. The zero-order chi connectivity index (χ0) is 25.7. The predicted molar refractivity (Wildman–Crippen MR) is 131 cm³/mol. The van der Waals surface area contributed by atoms with E-state index in [0.717, 1.165) is 11.1 Å². The van der Waals surface area contributed by atoms with E-state index in [0.29, 0.717) is 28.8 Å². The first kappa shape index (κ1) is 29.9. The molecule has 2 atom stereocenters. The topological polar surface area (TPSA) is 115 Å². The monoisotopic (exact) mass is 504 g/mol. The van der Waals surface area contributed by atoms with Crippen LogP contribution in [0, 0.1) is 5.82 Å². The van der Waals surface area contributed by atoms with Crippen molar-refractivity contribution in [2.75, 3.05) is 0 Å². The summed E-state index contributed by atoms with van der Waals surface area (Å²) in [4.78, 5) is 27.9. The van der Waals surface area contributed by atoms with E-state index in [9.17, 15) is 29.3 Å². The molecular formula is C27H30FN2NaO5. The average Bonchev–Trinajstić information content (AvgIpc) is 2.81. The standard InChI is InChI=1S/C27H31FN2O5.Na/c1-4-30-23(33)13-12-22-25(17-5-7-18(28)8-6-17)21(26(16(2)3)29-27(22)30)11-9-19(31)15-20(32)10-14-24(34)35;/h5-9,11-13,16,19-20,31-32H,4,10,14-15H2,1-3H3,(H,34,35);/q;+1/p-1/b11-9+;. The van der Waals surface area contributed by atoms with Crippen molar-refractivity contribution in [2.45, 2.75) is 64.7 Å². The molecule has 0 radical (unpaired) electrons. The minimum atomic E-state index is -1.26. The van der Waals surface area contributed by atoms with Gasteiger partial charge in [0, 0.05) is 41.5 Å². The number of halogens is 1. The number of fused-ring (bicyclic) bond motifs is 1. The third kappa shape index (κ3) is 7.11. The second-order valence-electron chi connectivity index (χ2n) is 8.83. The summed E-state index contributed by atoms with van der Waals surface area (Å²) in [5, 5.41) is 31.8. The molecule has 0 saturated carbocycles. The van der Waals surface area contributed by atoms with Gasteiger partial charge < -0.3 is 20.1 Å². The number of carboxylic acid groups (broad SMARTS) is 1. The fourth-order valence-electron chi connectivity index (χ4n) is 4.14. The van der Waals surface area contributed by atoms with Crippen LogP contribution in [0.3, 0.4) is 0 Å². The van der Waals surface area contributed by atoms with Gasteiger partial charge in [0.05, 0.1) is 17.9 Å². The molecule has 0 fully saturated rings. The van der Waals surface area contributed by atoms with Gasteiger partial charge >= 0.3 is 29.6 Å². The summed E-state index contributed by atoms with van der Waals surface area (Å²) in [7, 11) is 0. The number of aliphatic hydroxyl groups is 2. The Balaban J connectivity index is 0.00000456. The van der Waals surface area contributed by atoms with Crippen LogP contribution in [0.5, 0.6) is 0 Å². The second-order valence-corrected chi connectivity index (χ2v) is 8.83. The Morgan fingerprint density at radius 3 is 2.42 bits per heavy atom. The van der Waals surface area contributed by atoms with E-state index >= 15 is 0 Å². The van der Waals surface area contributed by atoms with Crippen molar-refractivity contribution >= 4 is 23.1 Å². The Morgan fingerprint density at radius 2 is 1.83 bits per heavy atom. The summed E-state index contributed by atoms with van der Waals surface area (Å²) >= 11 is 0. The molecule has 0 aliphatic rings. The molecule has 2 unspecified atom stereocenters. The molecule has 0 aliphatic heterocycles. The smallest absolute Gasteiger partial charge is 0.550 e. The first-order valence-electron chi connectivity index (χ1n) is 11.7. The summed E-state index contributed by atoms with van der Waals surface area (Å²) in [5.41, 5.74) is 3.25. The molecule has 2 heterocycles. The molecule has 3 rings (SSSR count). The number of hydrogen-bond donors (Lipinski definition) is 2. The van der Waals surface area contributed by atoms with Gasteiger partial charge in [0.2, 0.25) is 0 Å². The van der Waals surface area contributed by atoms with Gasteiger partial charge in [-0.3, -0.25) is 9.36 Å². The zero-order valence-electron chi connectivity index (χ0n) is 21.1. The molecule has 0 aliphatic carbocycles. The van der Waals surface area contributed by atoms with Gasteiger partial charge in [-0.05, 0) is 49.4 Å². The fourth-order valence-corrected chi connectivity index (χ4v) is 4.14. The van der Waals surface area contributed by atoms with Crippen molar-refractivity contribution < 1.29 is 54.1 Å². The van der Waals surface area contributed by atoms with Crippen LogP contribution in [0.1, 0.15) is 57.2 Å². The van der Waals surface area contributed by atoms with Crippen molar-refractivity contribution in [3.8, 4) is 11.1 Å². The summed E-state index contributed by atoms with van der Waals surface area (Å²) in [5.74, 6) is -1.67. The minimum absolute atomic E-state index is 0. The minimum Gasteiger partial charge on any atom is -0.550 e. The number of hydrogen-bond acceptors (Lipinski definition) is 6. The maximum absolute atomic E-state index is 13.7. The number of nitrogens with zero attached hydrogens (tertiary/aromatic N) is 2. The van der Waals surface area contributed by atoms with Gasteiger partial charge in [0.25, 0.3) is 5.56 Å². The van der Waals surface area contributed by atoms with E-state index < -0.39 is 18.2 Å². The molecule has 9 heteroatoms. The number of aliphatic carboxylic acids is 1. The molecule has 7 nitrogen and oxygen atoms in total. The van der Waals surface area contributed by atoms with Gasteiger partial charge in [0.15, 0.2) is 0 Å². The summed E-state index contributed by atoms with van der Waals surface area (Å²) in [6.07, 6.45) is 0.867. The van der Waals surface area contributed by atoms with Crippen LogP contribution >= 0.6 is 0 Å². The van der Waals surface area contributed by atoms with Gasteiger partial charge in [-0.15, -0.1) is 0 Å². The third-order valence-electron chi connectivity index (χ3n) is 5.87. The van der Waals surface area contributed by atoms with E-state index in [1.807, 2.05) is 20.8 Å². The van der Waals surface area contributed by atoms with E-state index in [4.69, 9.17) is 4.98 Å². The van der Waals surface area contributed by atoms with Crippen LogP contribution in [-0.4, -0.2) is 37.9 Å². The molecular weight excluding hydrogens is 474 g/mol. The number of carbonyl (C=O) groups is 1. The number of aliphatic hydroxyl groups excluding tert-OH is 2. The quantitative estimate of drug-likeness (QED) is 0.376.